The number of alkyl halides is 3. The van der Waals surface area contributed by atoms with Crippen molar-refractivity contribution in [2.24, 2.45) is 0 Å². The van der Waals surface area contributed by atoms with Crippen LogP contribution >= 0.6 is 0 Å². The molecule has 0 aliphatic rings. The van der Waals surface area contributed by atoms with E-state index >= 15 is 0 Å². The number of sulfone groups is 1. The minimum absolute atomic E-state index is 0.0489. The van der Waals surface area contributed by atoms with Crippen molar-refractivity contribution in [3.8, 4) is 0 Å². The molecule has 1 N–H and O–H groups in total. The summed E-state index contributed by atoms with van der Waals surface area (Å²) in [5.41, 5.74) is -1.34. The van der Waals surface area contributed by atoms with Crippen LogP contribution in [0.4, 0.5) is 13.2 Å². The fourth-order valence-electron chi connectivity index (χ4n) is 2.49. The SMILES string of the molecule is COC(=O)[C@H](CCS(=O)(=O)c1ccccc1)NC(=O)c1cccc(C(F)(F)F)c1. The molecule has 0 bridgehead atoms. The molecule has 156 valence electrons. The van der Waals surface area contributed by atoms with Crippen LogP contribution in [-0.4, -0.2) is 39.2 Å². The van der Waals surface area contributed by atoms with Gasteiger partial charge in [-0.3, -0.25) is 4.79 Å². The first-order valence-corrected chi connectivity index (χ1v) is 10.0. The topological polar surface area (TPSA) is 89.5 Å². The third kappa shape index (κ3) is 6.05. The van der Waals surface area contributed by atoms with Crippen molar-refractivity contribution >= 4 is 21.7 Å². The van der Waals surface area contributed by atoms with E-state index < -0.39 is 45.2 Å². The summed E-state index contributed by atoms with van der Waals surface area (Å²) < 4.78 is 67.8. The Morgan fingerprint density at radius 1 is 1.07 bits per heavy atom. The van der Waals surface area contributed by atoms with Crippen LogP contribution in [0.5, 0.6) is 0 Å². The minimum Gasteiger partial charge on any atom is -0.467 e. The molecule has 0 aromatic heterocycles. The number of amides is 1. The molecule has 0 unspecified atom stereocenters. The second-order valence-corrected chi connectivity index (χ2v) is 8.16. The average Bonchev–Trinajstić information content (AvgIpc) is 2.70. The number of nitrogens with one attached hydrogen (secondary N) is 1. The number of rotatable bonds is 7. The van der Waals surface area contributed by atoms with Crippen LogP contribution in [0, 0.1) is 0 Å². The van der Waals surface area contributed by atoms with Gasteiger partial charge in [0.05, 0.1) is 23.3 Å². The molecule has 29 heavy (non-hydrogen) atoms. The molecule has 0 fully saturated rings. The van der Waals surface area contributed by atoms with E-state index in [2.05, 4.69) is 10.1 Å². The molecule has 2 aromatic carbocycles. The van der Waals surface area contributed by atoms with Gasteiger partial charge >= 0.3 is 12.1 Å². The first kappa shape index (κ1) is 22.4. The van der Waals surface area contributed by atoms with Gasteiger partial charge in [-0.05, 0) is 36.8 Å². The molecule has 0 spiro atoms. The summed E-state index contributed by atoms with van der Waals surface area (Å²) in [6.07, 6.45) is -4.95. The summed E-state index contributed by atoms with van der Waals surface area (Å²) in [4.78, 5) is 24.3. The van der Waals surface area contributed by atoms with E-state index in [1.165, 1.54) is 12.1 Å². The molecule has 0 heterocycles. The molecular formula is C19H18F3NO5S. The van der Waals surface area contributed by atoms with Gasteiger partial charge in [-0.25, -0.2) is 13.2 Å². The number of esters is 1. The van der Waals surface area contributed by atoms with Crippen LogP contribution in [0.3, 0.4) is 0 Å². The Hall–Kier alpha value is -2.88. The molecule has 2 aromatic rings. The lowest BCUT2D eigenvalue weighted by atomic mass is 10.1. The number of hydrogen-bond acceptors (Lipinski definition) is 5. The van der Waals surface area contributed by atoms with Crippen LogP contribution in [-0.2, 0) is 25.5 Å². The maximum Gasteiger partial charge on any atom is 0.416 e. The summed E-state index contributed by atoms with van der Waals surface area (Å²) in [7, 11) is -2.68. The Kier molecular flexibility index (Phi) is 7.02. The van der Waals surface area contributed by atoms with Gasteiger partial charge in [-0.1, -0.05) is 24.3 Å². The molecule has 1 amide bonds. The number of halogens is 3. The summed E-state index contributed by atoms with van der Waals surface area (Å²) in [5.74, 6) is -2.34. The van der Waals surface area contributed by atoms with Crippen molar-refractivity contribution in [2.45, 2.75) is 23.5 Å². The summed E-state index contributed by atoms with van der Waals surface area (Å²) >= 11 is 0. The van der Waals surface area contributed by atoms with Crippen molar-refractivity contribution in [2.75, 3.05) is 12.9 Å². The smallest absolute Gasteiger partial charge is 0.416 e. The molecule has 10 heteroatoms. The highest BCUT2D eigenvalue weighted by Gasteiger charge is 2.31. The van der Waals surface area contributed by atoms with Gasteiger partial charge in [0, 0.05) is 5.56 Å². The van der Waals surface area contributed by atoms with E-state index in [1.54, 1.807) is 18.2 Å². The van der Waals surface area contributed by atoms with E-state index in [9.17, 15) is 31.2 Å². The Bertz CT molecular complexity index is 975. The van der Waals surface area contributed by atoms with Crippen LogP contribution in [0.2, 0.25) is 0 Å². The number of benzene rings is 2. The second-order valence-electron chi connectivity index (χ2n) is 6.05. The summed E-state index contributed by atoms with van der Waals surface area (Å²) in [5, 5.41) is 2.24. The molecule has 6 nitrogen and oxygen atoms in total. The van der Waals surface area contributed by atoms with Gasteiger partial charge in [-0.15, -0.1) is 0 Å². The van der Waals surface area contributed by atoms with Gasteiger partial charge < -0.3 is 10.1 Å². The number of ether oxygens (including phenoxy) is 1. The maximum absolute atomic E-state index is 12.8. The third-order valence-electron chi connectivity index (χ3n) is 4.02. The molecule has 0 radical (unpaired) electrons. The van der Waals surface area contributed by atoms with Crippen molar-refractivity contribution in [1.82, 2.24) is 5.32 Å². The summed E-state index contributed by atoms with van der Waals surface area (Å²) in [6.45, 7) is 0. The minimum atomic E-state index is -4.64. The van der Waals surface area contributed by atoms with E-state index in [-0.39, 0.29) is 16.9 Å². The quantitative estimate of drug-likeness (QED) is 0.684. The fraction of sp³-hybridized carbons (Fsp3) is 0.263. The second kappa shape index (κ2) is 9.08. The normalized spacial score (nSPS) is 12.8. The van der Waals surface area contributed by atoms with Crippen molar-refractivity contribution < 1.29 is 35.9 Å². The third-order valence-corrected chi connectivity index (χ3v) is 5.78. The highest BCUT2D eigenvalue weighted by Crippen LogP contribution is 2.29. The Balaban J connectivity index is 2.15. The van der Waals surface area contributed by atoms with Crippen molar-refractivity contribution in [3.63, 3.8) is 0 Å². The van der Waals surface area contributed by atoms with Crippen LogP contribution in [0.25, 0.3) is 0 Å². The lowest BCUT2D eigenvalue weighted by molar-refractivity contribution is -0.143. The Morgan fingerprint density at radius 2 is 1.72 bits per heavy atom. The first-order chi connectivity index (χ1) is 13.5. The summed E-state index contributed by atoms with van der Waals surface area (Å²) in [6, 6.07) is 9.83. The lowest BCUT2D eigenvalue weighted by Crippen LogP contribution is -2.42. The molecule has 0 saturated heterocycles. The van der Waals surface area contributed by atoms with Gasteiger partial charge in [0.25, 0.3) is 5.91 Å². The van der Waals surface area contributed by atoms with Crippen LogP contribution in [0.1, 0.15) is 22.3 Å². The molecule has 0 aliphatic carbocycles. The monoisotopic (exact) mass is 429 g/mol. The Morgan fingerprint density at radius 3 is 2.31 bits per heavy atom. The predicted octanol–water partition coefficient (Wildman–Crippen LogP) is 2.84. The molecule has 2 rings (SSSR count). The van der Waals surface area contributed by atoms with Gasteiger partial charge in [0.1, 0.15) is 6.04 Å². The molecule has 0 aliphatic heterocycles. The van der Waals surface area contributed by atoms with Crippen molar-refractivity contribution in [1.29, 1.82) is 0 Å². The molecule has 0 saturated carbocycles. The van der Waals surface area contributed by atoms with Crippen molar-refractivity contribution in [3.05, 3.63) is 65.7 Å². The lowest BCUT2D eigenvalue weighted by Gasteiger charge is -2.17. The number of methoxy groups -OCH3 is 1. The predicted molar refractivity (Wildman–Crippen MR) is 97.8 cm³/mol. The molecule has 1 atom stereocenters. The van der Waals surface area contributed by atoms with E-state index in [0.717, 1.165) is 25.3 Å². The average molecular weight is 429 g/mol. The zero-order valence-electron chi connectivity index (χ0n) is 15.3. The van der Waals surface area contributed by atoms with E-state index in [1.807, 2.05) is 0 Å². The van der Waals surface area contributed by atoms with Crippen LogP contribution in [0.15, 0.2) is 59.5 Å². The van der Waals surface area contributed by atoms with E-state index in [4.69, 9.17) is 0 Å². The number of carbonyl (C=O) groups is 2. The highest BCUT2D eigenvalue weighted by atomic mass is 32.2. The zero-order valence-corrected chi connectivity index (χ0v) is 16.1. The van der Waals surface area contributed by atoms with E-state index in [0.29, 0.717) is 6.07 Å². The zero-order chi connectivity index (χ0) is 21.7. The number of carbonyl (C=O) groups excluding carboxylic acids is 2. The van der Waals surface area contributed by atoms with Crippen LogP contribution < -0.4 is 5.32 Å². The maximum atomic E-state index is 12.8. The Labute approximate surface area is 165 Å². The van der Waals surface area contributed by atoms with Gasteiger partial charge in [-0.2, -0.15) is 13.2 Å². The van der Waals surface area contributed by atoms with Gasteiger partial charge in [0.2, 0.25) is 0 Å². The standard InChI is InChI=1S/C19H18F3NO5S/c1-28-18(25)16(10-11-29(26,27)15-8-3-2-4-9-15)23-17(24)13-6-5-7-14(12-13)19(20,21)22/h2-9,12,16H,10-11H2,1H3,(H,23,24)/t16-/m0/s1. The number of hydrogen-bond donors (Lipinski definition) is 1. The highest BCUT2D eigenvalue weighted by molar-refractivity contribution is 7.91. The fourth-order valence-corrected chi connectivity index (χ4v) is 3.84. The largest absolute Gasteiger partial charge is 0.467 e. The first-order valence-electron chi connectivity index (χ1n) is 8.38. The van der Waals surface area contributed by atoms with Gasteiger partial charge in [0.15, 0.2) is 9.84 Å². The molecular weight excluding hydrogens is 411 g/mol.